The van der Waals surface area contributed by atoms with Crippen molar-refractivity contribution >= 4 is 22.9 Å². The Balaban J connectivity index is 2.28. The molecule has 5 nitrogen and oxygen atoms in total. The van der Waals surface area contributed by atoms with Gasteiger partial charge in [0.15, 0.2) is 0 Å². The van der Waals surface area contributed by atoms with Gasteiger partial charge in [-0.25, -0.2) is 14.2 Å². The Morgan fingerprint density at radius 1 is 1.21 bits per heavy atom. The van der Waals surface area contributed by atoms with Crippen molar-refractivity contribution in [1.82, 2.24) is 9.55 Å². The monoisotopic (exact) mass is 394 g/mol. The van der Waals surface area contributed by atoms with E-state index in [4.69, 9.17) is 4.74 Å². The van der Waals surface area contributed by atoms with Crippen LogP contribution in [0.5, 0.6) is 0 Å². The third-order valence-electron chi connectivity index (χ3n) is 4.70. The number of fused-ring (bicyclic) bond motifs is 1. The van der Waals surface area contributed by atoms with Crippen LogP contribution in [-0.2, 0) is 16.0 Å². The van der Waals surface area contributed by atoms with E-state index in [1.165, 1.54) is 18.2 Å². The van der Waals surface area contributed by atoms with Gasteiger partial charge in [0.2, 0.25) is 0 Å². The molecular formula is C23H23FN2O3. The van der Waals surface area contributed by atoms with Gasteiger partial charge in [-0.2, -0.15) is 0 Å². The number of aryl methyl sites for hydroxylation is 3. The van der Waals surface area contributed by atoms with Crippen molar-refractivity contribution in [2.24, 2.45) is 0 Å². The summed E-state index contributed by atoms with van der Waals surface area (Å²) in [5.74, 6) is -0.638. The molecule has 2 aromatic carbocycles. The predicted octanol–water partition coefficient (Wildman–Crippen LogP) is 4.28. The maximum atomic E-state index is 14.7. The Hall–Kier alpha value is -3.28. The standard InChI is InChI=1S/C23H23FN2O3/c1-5-19-25-21-17(12-16(13-18(21)24)10-11-20(27)29-6-2)23(28)26(19)22-14(3)8-7-9-15(22)4/h7-13H,5-6H2,1-4H3/b11-10+. The lowest BCUT2D eigenvalue weighted by Gasteiger charge is -2.17. The molecule has 29 heavy (non-hydrogen) atoms. The fourth-order valence-corrected chi connectivity index (χ4v) is 3.39. The SMILES string of the molecule is CCOC(=O)/C=C/c1cc(F)c2nc(CC)n(-c3c(C)cccc3C)c(=O)c2c1. The molecule has 0 fully saturated rings. The Bertz CT molecular complexity index is 1160. The number of carbonyl (C=O) groups is 1. The molecule has 0 aliphatic heterocycles. The molecule has 3 aromatic rings. The smallest absolute Gasteiger partial charge is 0.330 e. The Kier molecular flexibility index (Phi) is 5.92. The molecule has 3 rings (SSSR count). The molecule has 0 aliphatic rings. The van der Waals surface area contributed by atoms with Crippen molar-refractivity contribution in [3.05, 3.63) is 75.1 Å². The average Bonchev–Trinajstić information content (AvgIpc) is 2.68. The van der Waals surface area contributed by atoms with Gasteiger partial charge in [-0.15, -0.1) is 0 Å². The number of carbonyl (C=O) groups excluding carboxylic acids is 1. The van der Waals surface area contributed by atoms with E-state index < -0.39 is 11.8 Å². The van der Waals surface area contributed by atoms with E-state index >= 15 is 0 Å². The van der Waals surface area contributed by atoms with Crippen molar-refractivity contribution in [3.63, 3.8) is 0 Å². The molecule has 0 amide bonds. The van der Waals surface area contributed by atoms with Crippen molar-refractivity contribution in [2.75, 3.05) is 6.61 Å². The molecule has 0 aliphatic carbocycles. The van der Waals surface area contributed by atoms with Gasteiger partial charge in [0, 0.05) is 12.5 Å². The minimum atomic E-state index is -0.605. The van der Waals surface area contributed by atoms with Crippen LogP contribution in [0.15, 0.2) is 41.2 Å². The number of rotatable bonds is 5. The number of ether oxygens (including phenoxy) is 1. The molecule has 0 saturated carbocycles. The second-order valence-electron chi connectivity index (χ2n) is 6.75. The van der Waals surface area contributed by atoms with Gasteiger partial charge in [-0.1, -0.05) is 25.1 Å². The topological polar surface area (TPSA) is 61.2 Å². The summed E-state index contributed by atoms with van der Waals surface area (Å²) in [4.78, 5) is 29.4. The lowest BCUT2D eigenvalue weighted by molar-refractivity contribution is -0.137. The molecule has 0 atom stereocenters. The lowest BCUT2D eigenvalue weighted by Crippen LogP contribution is -2.25. The fraction of sp³-hybridized carbons (Fsp3) is 0.261. The van der Waals surface area contributed by atoms with Crippen LogP contribution < -0.4 is 5.56 Å². The zero-order valence-electron chi connectivity index (χ0n) is 17.0. The highest BCUT2D eigenvalue weighted by Gasteiger charge is 2.17. The summed E-state index contributed by atoms with van der Waals surface area (Å²) in [6.07, 6.45) is 3.11. The van der Waals surface area contributed by atoms with Gasteiger partial charge < -0.3 is 4.74 Å². The number of hydrogen-bond acceptors (Lipinski definition) is 4. The predicted molar refractivity (Wildman–Crippen MR) is 112 cm³/mol. The van der Waals surface area contributed by atoms with Crippen LogP contribution in [0.2, 0.25) is 0 Å². The Labute approximate surface area is 168 Å². The van der Waals surface area contributed by atoms with Gasteiger partial charge in [-0.3, -0.25) is 9.36 Å². The Morgan fingerprint density at radius 2 is 1.90 bits per heavy atom. The minimum absolute atomic E-state index is 0.0302. The number of halogens is 1. The number of hydrogen-bond donors (Lipinski definition) is 0. The minimum Gasteiger partial charge on any atom is -0.463 e. The molecule has 0 N–H and O–H groups in total. The van der Waals surface area contributed by atoms with Crippen LogP contribution in [0.4, 0.5) is 4.39 Å². The number of para-hydroxylation sites is 1. The highest BCUT2D eigenvalue weighted by Crippen LogP contribution is 2.22. The molecule has 6 heteroatoms. The van der Waals surface area contributed by atoms with Gasteiger partial charge in [0.25, 0.3) is 5.56 Å². The molecule has 1 aromatic heterocycles. The summed E-state index contributed by atoms with van der Waals surface area (Å²) in [7, 11) is 0. The van der Waals surface area contributed by atoms with Crippen LogP contribution in [0.1, 0.15) is 36.4 Å². The van der Waals surface area contributed by atoms with Crippen LogP contribution >= 0.6 is 0 Å². The molecule has 0 bridgehead atoms. The second-order valence-corrected chi connectivity index (χ2v) is 6.75. The largest absolute Gasteiger partial charge is 0.463 e. The van der Waals surface area contributed by atoms with Crippen LogP contribution in [0.25, 0.3) is 22.7 Å². The lowest BCUT2D eigenvalue weighted by atomic mass is 10.1. The normalized spacial score (nSPS) is 11.3. The second kappa shape index (κ2) is 8.39. The maximum Gasteiger partial charge on any atom is 0.330 e. The van der Waals surface area contributed by atoms with E-state index in [1.807, 2.05) is 39.0 Å². The zero-order valence-corrected chi connectivity index (χ0v) is 17.0. The zero-order chi connectivity index (χ0) is 21.1. The first kappa shape index (κ1) is 20.5. The highest BCUT2D eigenvalue weighted by atomic mass is 19.1. The molecule has 150 valence electrons. The summed E-state index contributed by atoms with van der Waals surface area (Å²) in [5, 5.41) is 0.161. The Morgan fingerprint density at radius 3 is 2.52 bits per heavy atom. The first-order chi connectivity index (χ1) is 13.9. The average molecular weight is 394 g/mol. The number of nitrogens with zero attached hydrogens (tertiary/aromatic N) is 2. The van der Waals surface area contributed by atoms with E-state index in [2.05, 4.69) is 4.98 Å². The first-order valence-corrected chi connectivity index (χ1v) is 9.54. The molecule has 1 heterocycles. The molecule has 0 saturated heterocycles. The van der Waals surface area contributed by atoms with E-state index in [1.54, 1.807) is 17.6 Å². The van der Waals surface area contributed by atoms with E-state index in [-0.39, 0.29) is 23.1 Å². The van der Waals surface area contributed by atoms with Gasteiger partial charge in [0.05, 0.1) is 17.7 Å². The van der Waals surface area contributed by atoms with Gasteiger partial charge in [0.1, 0.15) is 17.2 Å². The van der Waals surface area contributed by atoms with Crippen molar-refractivity contribution in [3.8, 4) is 5.69 Å². The maximum absolute atomic E-state index is 14.7. The third kappa shape index (κ3) is 3.97. The van der Waals surface area contributed by atoms with Crippen LogP contribution in [0.3, 0.4) is 0 Å². The van der Waals surface area contributed by atoms with E-state index in [9.17, 15) is 14.0 Å². The number of esters is 1. The van der Waals surface area contributed by atoms with Crippen LogP contribution in [-0.4, -0.2) is 22.1 Å². The number of benzene rings is 2. The van der Waals surface area contributed by atoms with Crippen molar-refractivity contribution in [1.29, 1.82) is 0 Å². The van der Waals surface area contributed by atoms with E-state index in [0.29, 0.717) is 17.8 Å². The van der Waals surface area contributed by atoms with Gasteiger partial charge >= 0.3 is 5.97 Å². The van der Waals surface area contributed by atoms with Crippen LogP contribution in [0, 0.1) is 19.7 Å². The quantitative estimate of drug-likeness (QED) is 0.479. The molecule has 0 radical (unpaired) electrons. The first-order valence-electron chi connectivity index (χ1n) is 9.54. The summed E-state index contributed by atoms with van der Waals surface area (Å²) in [6, 6.07) is 8.59. The fourth-order valence-electron chi connectivity index (χ4n) is 3.39. The molecular weight excluding hydrogens is 371 g/mol. The molecule has 0 unspecified atom stereocenters. The van der Waals surface area contributed by atoms with Gasteiger partial charge in [-0.05, 0) is 55.7 Å². The summed E-state index contributed by atoms with van der Waals surface area (Å²) in [5.41, 5.74) is 2.71. The van der Waals surface area contributed by atoms with Crippen molar-refractivity contribution < 1.29 is 13.9 Å². The highest BCUT2D eigenvalue weighted by molar-refractivity contribution is 5.89. The van der Waals surface area contributed by atoms with Crippen molar-refractivity contribution in [2.45, 2.75) is 34.1 Å². The van der Waals surface area contributed by atoms with E-state index in [0.717, 1.165) is 16.8 Å². The third-order valence-corrected chi connectivity index (χ3v) is 4.70. The molecule has 0 spiro atoms. The number of aromatic nitrogens is 2. The summed E-state index contributed by atoms with van der Waals surface area (Å²) in [6.45, 7) is 7.69. The summed E-state index contributed by atoms with van der Waals surface area (Å²) >= 11 is 0. The summed E-state index contributed by atoms with van der Waals surface area (Å²) < 4.78 is 21.1.